The minimum atomic E-state index is -4.38. The standard InChI is InChI=1S/C6H4Br2O3S.Na/c7-4-1-2-5(8)6(3-4)12(9,10)11;/h1-3H,(H,9,10,11);/q;+1/p-1. The Morgan fingerprint density at radius 2 is 1.77 bits per heavy atom. The van der Waals surface area contributed by atoms with Gasteiger partial charge in [0, 0.05) is 8.95 Å². The summed E-state index contributed by atoms with van der Waals surface area (Å²) in [5, 5.41) is 0. The minimum absolute atomic E-state index is 0. The summed E-state index contributed by atoms with van der Waals surface area (Å²) in [4.78, 5) is -0.253. The van der Waals surface area contributed by atoms with Gasteiger partial charge in [-0.25, -0.2) is 8.42 Å². The molecule has 7 heteroatoms. The molecule has 0 aliphatic heterocycles. The van der Waals surface area contributed by atoms with E-state index in [0.717, 1.165) is 0 Å². The summed E-state index contributed by atoms with van der Waals surface area (Å²) in [6.07, 6.45) is 0. The van der Waals surface area contributed by atoms with Gasteiger partial charge in [-0.15, -0.1) is 0 Å². The van der Waals surface area contributed by atoms with E-state index in [4.69, 9.17) is 0 Å². The van der Waals surface area contributed by atoms with E-state index >= 15 is 0 Å². The SMILES string of the molecule is O=S(=O)([O-])c1cc(Br)ccc1Br.[Na+]. The van der Waals surface area contributed by atoms with Crippen LogP contribution in [0.1, 0.15) is 0 Å². The van der Waals surface area contributed by atoms with E-state index in [1.54, 1.807) is 6.07 Å². The van der Waals surface area contributed by atoms with Crippen molar-refractivity contribution >= 4 is 42.0 Å². The van der Waals surface area contributed by atoms with Crippen LogP contribution in [0.4, 0.5) is 0 Å². The molecular formula is C6H3Br2NaO3S. The van der Waals surface area contributed by atoms with Gasteiger partial charge in [-0.05, 0) is 34.1 Å². The van der Waals surface area contributed by atoms with E-state index < -0.39 is 10.1 Å². The first-order chi connectivity index (χ1) is 5.41. The molecule has 0 aliphatic rings. The second kappa shape index (κ2) is 5.25. The molecule has 0 saturated heterocycles. The fraction of sp³-hybridized carbons (Fsp3) is 0. The van der Waals surface area contributed by atoms with Gasteiger partial charge in [-0.2, -0.15) is 0 Å². The van der Waals surface area contributed by atoms with Gasteiger partial charge in [0.1, 0.15) is 10.1 Å². The Balaban J connectivity index is 0.00000144. The third-order valence-electron chi connectivity index (χ3n) is 1.16. The molecule has 0 amide bonds. The molecule has 0 atom stereocenters. The van der Waals surface area contributed by atoms with Gasteiger partial charge in [0.05, 0.1) is 4.90 Å². The third kappa shape index (κ3) is 3.99. The van der Waals surface area contributed by atoms with Crippen molar-refractivity contribution in [2.24, 2.45) is 0 Å². The molecule has 3 nitrogen and oxygen atoms in total. The van der Waals surface area contributed by atoms with Crippen LogP contribution in [0.15, 0.2) is 32.0 Å². The number of hydrogen-bond acceptors (Lipinski definition) is 3. The molecule has 0 aliphatic carbocycles. The Kier molecular flexibility index (Phi) is 5.69. The van der Waals surface area contributed by atoms with E-state index in [1.165, 1.54) is 12.1 Å². The normalized spacial score (nSPS) is 10.7. The Labute approximate surface area is 115 Å². The maximum absolute atomic E-state index is 10.6. The van der Waals surface area contributed by atoms with Crippen LogP contribution in [0.3, 0.4) is 0 Å². The van der Waals surface area contributed by atoms with E-state index in [2.05, 4.69) is 31.9 Å². The molecule has 13 heavy (non-hydrogen) atoms. The molecule has 66 valence electrons. The van der Waals surface area contributed by atoms with Gasteiger partial charge in [-0.1, -0.05) is 15.9 Å². The van der Waals surface area contributed by atoms with E-state index in [-0.39, 0.29) is 38.9 Å². The van der Waals surface area contributed by atoms with E-state index in [1.807, 2.05) is 0 Å². The average Bonchev–Trinajstić information content (AvgIpc) is 1.92. The first-order valence-electron chi connectivity index (χ1n) is 2.82. The largest absolute Gasteiger partial charge is 1.00 e. The van der Waals surface area contributed by atoms with E-state index in [9.17, 15) is 13.0 Å². The smallest absolute Gasteiger partial charge is 0.744 e. The van der Waals surface area contributed by atoms with Crippen molar-refractivity contribution in [3.8, 4) is 0 Å². The number of benzene rings is 1. The first-order valence-corrected chi connectivity index (χ1v) is 5.81. The molecule has 0 saturated carbocycles. The van der Waals surface area contributed by atoms with Crippen LogP contribution in [0.5, 0.6) is 0 Å². The van der Waals surface area contributed by atoms with Crippen LogP contribution >= 0.6 is 31.9 Å². The zero-order chi connectivity index (χ0) is 9.35. The van der Waals surface area contributed by atoms with Crippen molar-refractivity contribution in [3.05, 3.63) is 27.1 Å². The summed E-state index contributed by atoms with van der Waals surface area (Å²) in [5.41, 5.74) is 0. The summed E-state index contributed by atoms with van der Waals surface area (Å²) in [7, 11) is -4.38. The number of rotatable bonds is 1. The second-order valence-electron chi connectivity index (χ2n) is 2.03. The monoisotopic (exact) mass is 336 g/mol. The molecule has 0 N–H and O–H groups in total. The Hall–Kier alpha value is 1.09. The minimum Gasteiger partial charge on any atom is -0.744 e. The first kappa shape index (κ1) is 14.1. The molecule has 0 spiro atoms. The second-order valence-corrected chi connectivity index (χ2v) is 5.15. The fourth-order valence-electron chi connectivity index (χ4n) is 0.669. The maximum Gasteiger partial charge on any atom is 1.00 e. The molecule has 0 aromatic heterocycles. The van der Waals surface area contributed by atoms with Gasteiger partial charge in [-0.3, -0.25) is 0 Å². The number of halogens is 2. The molecule has 0 unspecified atom stereocenters. The zero-order valence-corrected chi connectivity index (χ0v) is 12.6. The molecule has 1 rings (SSSR count). The van der Waals surface area contributed by atoms with Crippen molar-refractivity contribution in [3.63, 3.8) is 0 Å². The van der Waals surface area contributed by atoms with Crippen LogP contribution in [-0.2, 0) is 10.1 Å². The quantitative estimate of drug-likeness (QED) is 0.494. The fourth-order valence-corrected chi connectivity index (χ4v) is 2.60. The van der Waals surface area contributed by atoms with Crippen molar-refractivity contribution in [1.29, 1.82) is 0 Å². The molecule has 0 radical (unpaired) electrons. The summed E-state index contributed by atoms with van der Waals surface area (Å²) >= 11 is 6.03. The van der Waals surface area contributed by atoms with Gasteiger partial charge >= 0.3 is 29.6 Å². The summed E-state index contributed by atoms with van der Waals surface area (Å²) in [6, 6.07) is 4.39. The average molecular weight is 338 g/mol. The Morgan fingerprint density at radius 3 is 2.15 bits per heavy atom. The van der Waals surface area contributed by atoms with Crippen LogP contribution in [0, 0.1) is 0 Å². The molecular weight excluding hydrogens is 335 g/mol. The summed E-state index contributed by atoms with van der Waals surface area (Å²) < 4.78 is 32.6. The molecule has 1 aromatic carbocycles. The summed E-state index contributed by atoms with van der Waals surface area (Å²) in [6.45, 7) is 0. The third-order valence-corrected chi connectivity index (χ3v) is 3.49. The van der Waals surface area contributed by atoms with E-state index in [0.29, 0.717) is 4.47 Å². The number of hydrogen-bond donors (Lipinski definition) is 0. The van der Waals surface area contributed by atoms with Crippen LogP contribution < -0.4 is 29.6 Å². The Bertz CT molecular complexity index is 404. The van der Waals surface area contributed by atoms with Gasteiger partial charge in [0.15, 0.2) is 0 Å². The predicted molar refractivity (Wildman–Crippen MR) is 49.8 cm³/mol. The molecule has 0 heterocycles. The van der Waals surface area contributed by atoms with Crippen molar-refractivity contribution in [1.82, 2.24) is 0 Å². The van der Waals surface area contributed by atoms with Crippen LogP contribution in [-0.4, -0.2) is 13.0 Å². The predicted octanol–water partition coefficient (Wildman–Crippen LogP) is -0.880. The zero-order valence-electron chi connectivity index (χ0n) is 6.62. The maximum atomic E-state index is 10.6. The molecule has 1 aromatic rings. The Morgan fingerprint density at radius 1 is 1.23 bits per heavy atom. The van der Waals surface area contributed by atoms with Gasteiger partial charge in [0.25, 0.3) is 0 Å². The van der Waals surface area contributed by atoms with Crippen molar-refractivity contribution < 1.29 is 42.5 Å². The van der Waals surface area contributed by atoms with Crippen molar-refractivity contribution in [2.75, 3.05) is 0 Å². The topological polar surface area (TPSA) is 57.2 Å². The molecule has 0 bridgehead atoms. The summed E-state index contributed by atoms with van der Waals surface area (Å²) in [5.74, 6) is 0. The van der Waals surface area contributed by atoms with Crippen LogP contribution in [0.2, 0.25) is 0 Å². The molecule has 0 fully saturated rings. The van der Waals surface area contributed by atoms with Crippen molar-refractivity contribution in [2.45, 2.75) is 4.90 Å². The van der Waals surface area contributed by atoms with Crippen LogP contribution in [0.25, 0.3) is 0 Å². The van der Waals surface area contributed by atoms with Gasteiger partial charge < -0.3 is 4.55 Å². The van der Waals surface area contributed by atoms with Gasteiger partial charge in [0.2, 0.25) is 0 Å².